The van der Waals surface area contributed by atoms with E-state index in [-0.39, 0.29) is 5.82 Å². The molecule has 1 nitrogen and oxygen atoms in total. The van der Waals surface area contributed by atoms with E-state index in [1.54, 1.807) is 13.0 Å². The van der Waals surface area contributed by atoms with E-state index >= 15 is 0 Å². The van der Waals surface area contributed by atoms with Crippen LogP contribution < -0.4 is 0 Å². The van der Waals surface area contributed by atoms with Crippen molar-refractivity contribution in [2.75, 3.05) is 13.1 Å². The van der Waals surface area contributed by atoms with E-state index in [0.29, 0.717) is 11.6 Å². The van der Waals surface area contributed by atoms with Crippen molar-refractivity contribution in [1.82, 2.24) is 4.90 Å². The molecule has 0 saturated heterocycles. The lowest BCUT2D eigenvalue weighted by molar-refractivity contribution is 0.382. The number of benzene rings is 1. The predicted octanol–water partition coefficient (Wildman–Crippen LogP) is 2.76. The molecule has 1 aromatic rings. The Kier molecular flexibility index (Phi) is 3.70. The van der Waals surface area contributed by atoms with Gasteiger partial charge >= 0.3 is 0 Å². The van der Waals surface area contributed by atoms with E-state index in [4.69, 9.17) is 11.6 Å². The maximum atomic E-state index is 12.9. The van der Waals surface area contributed by atoms with Gasteiger partial charge in [-0.2, -0.15) is 0 Å². The zero-order valence-electron chi connectivity index (χ0n) is 7.85. The quantitative estimate of drug-likeness (QED) is 0.537. The fourth-order valence-corrected chi connectivity index (χ4v) is 1.24. The van der Waals surface area contributed by atoms with Crippen LogP contribution in [0.5, 0.6) is 0 Å². The van der Waals surface area contributed by atoms with Gasteiger partial charge in [0.1, 0.15) is 5.82 Å². The summed E-state index contributed by atoms with van der Waals surface area (Å²) in [6.07, 6.45) is 0. The summed E-state index contributed by atoms with van der Waals surface area (Å²) in [6.45, 7) is 2.52. The summed E-state index contributed by atoms with van der Waals surface area (Å²) in [5.41, 5.74) is 1.77. The number of rotatable bonds is 3. The minimum absolute atomic E-state index is 0.155. The molecule has 0 heterocycles. The first-order chi connectivity index (χ1) is 6.13. The third-order valence-electron chi connectivity index (χ3n) is 1.88. The van der Waals surface area contributed by atoms with Gasteiger partial charge in [0.25, 0.3) is 0 Å². The summed E-state index contributed by atoms with van der Waals surface area (Å²) >= 11 is 5.62. The highest BCUT2D eigenvalue weighted by molar-refractivity contribution is 6.17. The molecule has 0 aliphatic rings. The zero-order chi connectivity index (χ0) is 9.84. The maximum absolute atomic E-state index is 12.9. The van der Waals surface area contributed by atoms with E-state index in [0.717, 1.165) is 12.1 Å². The Hall–Kier alpha value is -0.600. The molecule has 72 valence electrons. The van der Waals surface area contributed by atoms with Crippen molar-refractivity contribution in [3.63, 3.8) is 0 Å². The Bertz CT molecular complexity index is 288. The van der Waals surface area contributed by atoms with Crippen molar-refractivity contribution in [2.24, 2.45) is 0 Å². The summed E-state index contributed by atoms with van der Waals surface area (Å²) in [6, 6.07) is 5.60. The van der Waals surface area contributed by atoms with Crippen molar-refractivity contribution < 1.29 is 4.39 Å². The molecule has 0 atom stereocenters. The third-order valence-corrected chi connectivity index (χ3v) is 2.29. The van der Waals surface area contributed by atoms with E-state index in [1.807, 2.05) is 18.0 Å². The molecule has 0 aliphatic heterocycles. The van der Waals surface area contributed by atoms with Gasteiger partial charge in [-0.15, -0.1) is 11.6 Å². The Labute approximate surface area is 83.1 Å². The number of hydrogen-bond acceptors (Lipinski definition) is 1. The van der Waals surface area contributed by atoms with Crippen LogP contribution in [-0.4, -0.2) is 18.0 Å². The van der Waals surface area contributed by atoms with Crippen LogP contribution in [0.4, 0.5) is 4.39 Å². The Balaban J connectivity index is 2.73. The van der Waals surface area contributed by atoms with Gasteiger partial charge < -0.3 is 0 Å². The second-order valence-electron chi connectivity index (χ2n) is 3.22. The van der Waals surface area contributed by atoms with Crippen molar-refractivity contribution in [3.05, 3.63) is 35.1 Å². The van der Waals surface area contributed by atoms with E-state index in [2.05, 4.69) is 0 Å². The largest absolute Gasteiger partial charge is 0.289 e. The van der Waals surface area contributed by atoms with Crippen LogP contribution >= 0.6 is 11.6 Å². The van der Waals surface area contributed by atoms with Crippen LogP contribution in [0, 0.1) is 12.7 Å². The fraction of sp³-hybridized carbons (Fsp3) is 0.400. The average molecular weight is 202 g/mol. The lowest BCUT2D eigenvalue weighted by Gasteiger charge is -2.12. The molecule has 1 rings (SSSR count). The molecule has 0 N–H and O–H groups in total. The molecular weight excluding hydrogens is 189 g/mol. The molecule has 0 radical (unpaired) electrons. The van der Waals surface area contributed by atoms with Gasteiger partial charge in [0.2, 0.25) is 0 Å². The first kappa shape index (κ1) is 10.5. The maximum Gasteiger partial charge on any atom is 0.126 e. The molecule has 0 saturated carbocycles. The highest BCUT2D eigenvalue weighted by atomic mass is 35.5. The second-order valence-corrected chi connectivity index (χ2v) is 3.46. The van der Waals surface area contributed by atoms with Crippen molar-refractivity contribution in [3.8, 4) is 0 Å². The average Bonchev–Trinajstić information content (AvgIpc) is 2.11. The number of aryl methyl sites for hydroxylation is 1. The van der Waals surface area contributed by atoms with Crippen molar-refractivity contribution in [1.29, 1.82) is 0 Å². The molecule has 3 heteroatoms. The van der Waals surface area contributed by atoms with Crippen molar-refractivity contribution >= 4 is 11.6 Å². The second kappa shape index (κ2) is 4.58. The standard InChI is InChI=1S/C10H13ClFN/c1-8-5-9(3-4-10(8)12)6-13(2)7-11/h3-5H,6-7H2,1-2H3. The summed E-state index contributed by atoms with van der Waals surface area (Å²) in [5.74, 6) is -0.155. The molecule has 0 unspecified atom stereocenters. The van der Waals surface area contributed by atoms with Crippen LogP contribution in [0.1, 0.15) is 11.1 Å². The van der Waals surface area contributed by atoms with E-state index in [9.17, 15) is 4.39 Å². The van der Waals surface area contributed by atoms with Crippen LogP contribution in [0.15, 0.2) is 18.2 Å². The van der Waals surface area contributed by atoms with Gasteiger partial charge in [-0.05, 0) is 31.2 Å². The number of hydrogen-bond donors (Lipinski definition) is 0. The smallest absolute Gasteiger partial charge is 0.126 e. The molecule has 1 aromatic carbocycles. The Morgan fingerprint density at radius 3 is 2.69 bits per heavy atom. The molecule has 0 amide bonds. The van der Waals surface area contributed by atoms with Crippen LogP contribution in [0.2, 0.25) is 0 Å². The number of halogens is 2. The topological polar surface area (TPSA) is 3.24 Å². The van der Waals surface area contributed by atoms with Gasteiger partial charge in [0.15, 0.2) is 0 Å². The zero-order valence-corrected chi connectivity index (χ0v) is 8.61. The molecule has 0 bridgehead atoms. The van der Waals surface area contributed by atoms with Gasteiger partial charge in [0.05, 0.1) is 6.00 Å². The molecule has 0 spiro atoms. The lowest BCUT2D eigenvalue weighted by atomic mass is 10.1. The summed E-state index contributed by atoms with van der Waals surface area (Å²) < 4.78 is 12.9. The van der Waals surface area contributed by atoms with E-state index in [1.165, 1.54) is 6.07 Å². The monoisotopic (exact) mass is 201 g/mol. The fourth-order valence-electron chi connectivity index (χ4n) is 1.16. The molecular formula is C10H13ClFN. The molecule has 13 heavy (non-hydrogen) atoms. The minimum Gasteiger partial charge on any atom is -0.289 e. The highest BCUT2D eigenvalue weighted by Gasteiger charge is 2.01. The molecule has 0 fully saturated rings. The highest BCUT2D eigenvalue weighted by Crippen LogP contribution is 2.10. The molecule has 0 aliphatic carbocycles. The third kappa shape index (κ3) is 2.98. The van der Waals surface area contributed by atoms with Gasteiger partial charge in [-0.1, -0.05) is 12.1 Å². The molecule has 0 aromatic heterocycles. The van der Waals surface area contributed by atoms with Crippen molar-refractivity contribution in [2.45, 2.75) is 13.5 Å². The van der Waals surface area contributed by atoms with Crippen LogP contribution in [-0.2, 0) is 6.54 Å². The predicted molar refractivity (Wildman–Crippen MR) is 53.3 cm³/mol. The van der Waals surface area contributed by atoms with Crippen LogP contribution in [0.25, 0.3) is 0 Å². The normalized spacial score (nSPS) is 10.8. The number of alkyl halides is 1. The van der Waals surface area contributed by atoms with Gasteiger partial charge in [0, 0.05) is 6.54 Å². The first-order valence-corrected chi connectivity index (χ1v) is 4.66. The Morgan fingerprint density at radius 1 is 1.46 bits per heavy atom. The number of nitrogens with zero attached hydrogens (tertiary/aromatic N) is 1. The van der Waals surface area contributed by atoms with E-state index < -0.39 is 0 Å². The Morgan fingerprint density at radius 2 is 2.15 bits per heavy atom. The van der Waals surface area contributed by atoms with Gasteiger partial charge in [-0.25, -0.2) is 4.39 Å². The summed E-state index contributed by atoms with van der Waals surface area (Å²) in [5, 5.41) is 0. The van der Waals surface area contributed by atoms with Crippen LogP contribution in [0.3, 0.4) is 0 Å². The lowest BCUT2D eigenvalue weighted by Crippen LogP contribution is -2.15. The minimum atomic E-state index is -0.155. The summed E-state index contributed by atoms with van der Waals surface area (Å²) in [7, 11) is 1.92. The van der Waals surface area contributed by atoms with Gasteiger partial charge in [-0.3, -0.25) is 4.90 Å². The summed E-state index contributed by atoms with van der Waals surface area (Å²) in [4.78, 5) is 1.95. The first-order valence-electron chi connectivity index (χ1n) is 4.13. The SMILES string of the molecule is Cc1cc(CN(C)CCl)ccc1F.